The maximum atomic E-state index is 12.6. The Morgan fingerprint density at radius 2 is 1.56 bits per heavy atom. The van der Waals surface area contributed by atoms with Crippen LogP contribution >= 0.6 is 0 Å². The van der Waals surface area contributed by atoms with Gasteiger partial charge in [0.15, 0.2) is 0 Å². The zero-order valence-corrected chi connectivity index (χ0v) is 15.9. The van der Waals surface area contributed by atoms with Crippen molar-refractivity contribution in [3.05, 3.63) is 35.4 Å². The van der Waals surface area contributed by atoms with Crippen molar-refractivity contribution in [1.29, 1.82) is 0 Å². The third-order valence-electron chi connectivity index (χ3n) is 4.97. The van der Waals surface area contributed by atoms with E-state index in [1.165, 1.54) is 0 Å². The quantitative estimate of drug-likeness (QED) is 0.603. The Hall–Kier alpha value is -2.07. The van der Waals surface area contributed by atoms with Crippen LogP contribution in [0.15, 0.2) is 24.3 Å². The monoisotopic (exact) mass is 343 g/mol. The Kier molecular flexibility index (Phi) is 6.43. The van der Waals surface area contributed by atoms with E-state index in [-0.39, 0.29) is 11.9 Å². The normalized spacial score (nSPS) is 13.5. The molecule has 0 aliphatic carbocycles. The van der Waals surface area contributed by atoms with Crippen LogP contribution in [0.4, 0.5) is 0 Å². The summed E-state index contributed by atoms with van der Waals surface area (Å²) in [5.41, 5.74) is 8.19. The van der Waals surface area contributed by atoms with Crippen LogP contribution in [0.5, 0.6) is 11.5 Å². The molecule has 2 aromatic rings. The van der Waals surface area contributed by atoms with Crippen molar-refractivity contribution in [2.75, 3.05) is 7.11 Å². The molecule has 2 rings (SSSR count). The van der Waals surface area contributed by atoms with Gasteiger partial charge in [-0.1, -0.05) is 58.4 Å². The molecule has 0 radical (unpaired) electrons. The fourth-order valence-electron chi connectivity index (χ4n) is 3.23. The standard InChI is InChI=1S/C21H29NO3/c1-6-13(4)18(22)21(23)25-20-15(8-3)14(7-2)19(24-5)16-11-9-10-12-17(16)20/h9-13,18H,6-8,22H2,1-5H3. The zero-order valence-electron chi connectivity index (χ0n) is 15.9. The molecule has 25 heavy (non-hydrogen) atoms. The van der Waals surface area contributed by atoms with Crippen molar-refractivity contribution in [2.45, 2.75) is 53.0 Å². The average molecular weight is 343 g/mol. The topological polar surface area (TPSA) is 61.5 Å². The summed E-state index contributed by atoms with van der Waals surface area (Å²) in [7, 11) is 1.69. The summed E-state index contributed by atoms with van der Waals surface area (Å²) in [5.74, 6) is 1.19. The molecule has 0 fully saturated rings. The van der Waals surface area contributed by atoms with Crippen molar-refractivity contribution < 1.29 is 14.3 Å². The Morgan fingerprint density at radius 3 is 2.04 bits per heavy atom. The predicted molar refractivity (Wildman–Crippen MR) is 102 cm³/mol. The number of nitrogens with two attached hydrogens (primary N) is 1. The molecule has 0 aromatic heterocycles. The Balaban J connectivity index is 2.64. The summed E-state index contributed by atoms with van der Waals surface area (Å²) in [6.07, 6.45) is 2.39. The van der Waals surface area contributed by atoms with Crippen LogP contribution in [0, 0.1) is 5.92 Å². The number of rotatable bonds is 7. The number of carbonyl (C=O) groups is 1. The summed E-state index contributed by atoms with van der Waals surface area (Å²) < 4.78 is 11.5. The van der Waals surface area contributed by atoms with Gasteiger partial charge in [0.1, 0.15) is 17.5 Å². The van der Waals surface area contributed by atoms with Crippen LogP contribution in [0.2, 0.25) is 0 Å². The summed E-state index contributed by atoms with van der Waals surface area (Å²) in [6, 6.07) is 7.25. The number of hydrogen-bond donors (Lipinski definition) is 1. The summed E-state index contributed by atoms with van der Waals surface area (Å²) in [6.45, 7) is 8.14. The highest BCUT2D eigenvalue weighted by Gasteiger charge is 2.25. The number of methoxy groups -OCH3 is 1. The van der Waals surface area contributed by atoms with Gasteiger partial charge in [-0.2, -0.15) is 0 Å². The molecule has 0 heterocycles. The molecule has 0 spiro atoms. The van der Waals surface area contributed by atoms with Crippen molar-refractivity contribution >= 4 is 16.7 Å². The summed E-state index contributed by atoms with van der Waals surface area (Å²) in [4.78, 5) is 12.6. The van der Waals surface area contributed by atoms with Crippen molar-refractivity contribution in [1.82, 2.24) is 0 Å². The van der Waals surface area contributed by atoms with Crippen LogP contribution in [0.1, 0.15) is 45.2 Å². The first-order valence-electron chi connectivity index (χ1n) is 9.07. The molecule has 2 N–H and O–H groups in total. The first-order chi connectivity index (χ1) is 12.0. The van der Waals surface area contributed by atoms with Gasteiger partial charge < -0.3 is 15.2 Å². The Labute approximate surface area is 150 Å². The van der Waals surface area contributed by atoms with Crippen molar-refractivity contribution in [3.63, 3.8) is 0 Å². The molecule has 0 saturated heterocycles. The fraction of sp³-hybridized carbons (Fsp3) is 0.476. The van der Waals surface area contributed by atoms with Crippen LogP contribution in [-0.2, 0) is 17.6 Å². The number of ether oxygens (including phenoxy) is 2. The summed E-state index contributed by atoms with van der Waals surface area (Å²) >= 11 is 0. The van der Waals surface area contributed by atoms with E-state index < -0.39 is 6.04 Å². The molecule has 136 valence electrons. The highest BCUT2D eigenvalue weighted by atomic mass is 16.5. The molecule has 0 aliphatic heterocycles. The zero-order chi connectivity index (χ0) is 18.6. The van der Waals surface area contributed by atoms with Crippen LogP contribution < -0.4 is 15.2 Å². The van der Waals surface area contributed by atoms with Crippen molar-refractivity contribution in [2.24, 2.45) is 11.7 Å². The molecule has 4 heteroatoms. The maximum absolute atomic E-state index is 12.6. The lowest BCUT2D eigenvalue weighted by atomic mass is 9.94. The van der Waals surface area contributed by atoms with Gasteiger partial charge >= 0.3 is 5.97 Å². The lowest BCUT2D eigenvalue weighted by Crippen LogP contribution is -2.39. The van der Waals surface area contributed by atoms with E-state index in [4.69, 9.17) is 15.2 Å². The Bertz CT molecular complexity index is 754. The average Bonchev–Trinajstić information content (AvgIpc) is 2.65. The molecule has 0 amide bonds. The molecule has 2 aromatic carbocycles. The van der Waals surface area contributed by atoms with E-state index >= 15 is 0 Å². The highest BCUT2D eigenvalue weighted by molar-refractivity contribution is 5.98. The van der Waals surface area contributed by atoms with Gasteiger partial charge in [-0.15, -0.1) is 0 Å². The maximum Gasteiger partial charge on any atom is 0.328 e. The molecule has 4 nitrogen and oxygen atoms in total. The van der Waals surface area contributed by atoms with E-state index in [0.29, 0.717) is 5.75 Å². The van der Waals surface area contributed by atoms with Gasteiger partial charge in [0.05, 0.1) is 7.11 Å². The highest BCUT2D eigenvalue weighted by Crippen LogP contribution is 2.41. The minimum Gasteiger partial charge on any atom is -0.496 e. The first-order valence-corrected chi connectivity index (χ1v) is 9.07. The minimum atomic E-state index is -0.624. The molecular formula is C21H29NO3. The molecule has 0 saturated carbocycles. The smallest absolute Gasteiger partial charge is 0.328 e. The van der Waals surface area contributed by atoms with Crippen LogP contribution in [-0.4, -0.2) is 19.1 Å². The van der Waals surface area contributed by atoms with Gasteiger partial charge in [0.25, 0.3) is 0 Å². The second-order valence-electron chi connectivity index (χ2n) is 6.40. The number of hydrogen-bond acceptors (Lipinski definition) is 4. The second-order valence-corrected chi connectivity index (χ2v) is 6.40. The fourth-order valence-corrected chi connectivity index (χ4v) is 3.23. The number of esters is 1. The Morgan fingerprint density at radius 1 is 1.04 bits per heavy atom. The largest absolute Gasteiger partial charge is 0.496 e. The predicted octanol–water partition coefficient (Wildman–Crippen LogP) is 4.25. The van der Waals surface area contributed by atoms with Gasteiger partial charge in [0, 0.05) is 21.9 Å². The van der Waals surface area contributed by atoms with Crippen LogP contribution in [0.25, 0.3) is 10.8 Å². The van der Waals surface area contributed by atoms with E-state index in [9.17, 15) is 4.79 Å². The van der Waals surface area contributed by atoms with Gasteiger partial charge in [-0.05, 0) is 18.8 Å². The first kappa shape index (κ1) is 19.3. The lowest BCUT2D eigenvalue weighted by Gasteiger charge is -2.22. The molecule has 0 aliphatic rings. The van der Waals surface area contributed by atoms with Gasteiger partial charge in [0.2, 0.25) is 0 Å². The van der Waals surface area contributed by atoms with Gasteiger partial charge in [-0.3, -0.25) is 0 Å². The third kappa shape index (κ3) is 3.64. The molecule has 2 atom stereocenters. The molecule has 0 bridgehead atoms. The van der Waals surface area contributed by atoms with E-state index in [1.54, 1.807) is 7.11 Å². The van der Waals surface area contributed by atoms with E-state index in [1.807, 2.05) is 38.1 Å². The van der Waals surface area contributed by atoms with E-state index in [0.717, 1.165) is 46.9 Å². The number of benzene rings is 2. The SMILES string of the molecule is CCc1c(CC)c(OC(=O)C(N)C(C)CC)c2ccccc2c1OC. The summed E-state index contributed by atoms with van der Waals surface area (Å²) in [5, 5.41) is 1.84. The lowest BCUT2D eigenvalue weighted by molar-refractivity contribution is -0.137. The minimum absolute atomic E-state index is 0.0766. The second kappa shape index (κ2) is 8.34. The molecule has 2 unspecified atom stereocenters. The molecular weight excluding hydrogens is 314 g/mol. The number of carbonyl (C=O) groups excluding carboxylic acids is 1. The number of fused-ring (bicyclic) bond motifs is 1. The van der Waals surface area contributed by atoms with Crippen molar-refractivity contribution in [3.8, 4) is 11.5 Å². The van der Waals surface area contributed by atoms with Crippen LogP contribution in [0.3, 0.4) is 0 Å². The van der Waals surface area contributed by atoms with Gasteiger partial charge in [-0.25, -0.2) is 4.79 Å². The van der Waals surface area contributed by atoms with E-state index in [2.05, 4.69) is 13.8 Å². The third-order valence-corrected chi connectivity index (χ3v) is 4.97.